The molecule has 7 saturated heterocycles. The number of carbonyl (C=O) groups excluding carboxylic acids is 4. The molecule has 5 saturated carbocycles. The van der Waals surface area contributed by atoms with E-state index in [0.29, 0.717) is 38.5 Å². The number of carboxylic acids is 1. The first kappa shape index (κ1) is 94.6. The molecule has 7 heterocycles. The molecule has 0 aromatic rings. The molecule has 0 unspecified atom stereocenters. The van der Waals surface area contributed by atoms with E-state index in [4.69, 9.17) is 80.5 Å². The van der Waals surface area contributed by atoms with E-state index >= 15 is 4.79 Å². The Morgan fingerprint density at radius 2 is 1.01 bits per heavy atom. The van der Waals surface area contributed by atoms with Crippen molar-refractivity contribution in [1.82, 2.24) is 0 Å². The fourth-order valence-corrected chi connectivity index (χ4v) is 22.3. The third-order valence-corrected chi connectivity index (χ3v) is 29.3. The Bertz CT molecular complexity index is 3650. The van der Waals surface area contributed by atoms with Crippen LogP contribution in [0.4, 0.5) is 0 Å². The Morgan fingerprint density at radius 1 is 0.463 bits per heavy atom. The lowest BCUT2D eigenvalue weighted by atomic mass is 9.33. The Kier molecular flexibility index (Phi) is 28.2. The van der Waals surface area contributed by atoms with Crippen molar-refractivity contribution in [1.29, 1.82) is 0 Å². The van der Waals surface area contributed by atoms with Crippen LogP contribution in [0.15, 0.2) is 11.6 Å². The molecule has 42 nitrogen and oxygen atoms in total. The molecular weight excluding hydrogens is 1620 g/mol. The minimum atomic E-state index is -2.26. The van der Waals surface area contributed by atoms with E-state index in [2.05, 4.69) is 26.8 Å². The Hall–Kier alpha value is -4.03. The number of carboxylic acid groups (broad SMARTS) is 1. The molecule has 0 aromatic heterocycles. The van der Waals surface area contributed by atoms with Crippen LogP contribution in [0, 0.1) is 50.2 Å². The van der Waals surface area contributed by atoms with Gasteiger partial charge in [-0.25, -0.2) is 4.79 Å². The van der Waals surface area contributed by atoms with Crippen LogP contribution >= 0.6 is 0 Å². The molecule has 0 aromatic carbocycles. The second-order valence-electron chi connectivity index (χ2n) is 37.2. The number of fused-ring (bicyclic) bond motifs is 7. The van der Waals surface area contributed by atoms with Crippen molar-refractivity contribution in [2.45, 2.75) is 379 Å². The summed E-state index contributed by atoms with van der Waals surface area (Å²) in [5.74, 6) is -6.56. The van der Waals surface area contributed by atoms with Gasteiger partial charge in [-0.2, -0.15) is 0 Å². The lowest BCUT2D eigenvalue weighted by Gasteiger charge is -2.71. The summed E-state index contributed by atoms with van der Waals surface area (Å²) in [4.78, 5) is 70.2. The molecule has 13 rings (SSSR count). The second kappa shape index (κ2) is 36.1. The topological polar surface area (TPSA) is 647 Å². The zero-order valence-corrected chi connectivity index (χ0v) is 68.7. The Labute approximate surface area is 695 Å². The van der Waals surface area contributed by atoms with E-state index in [1.165, 1.54) is 13.8 Å². The summed E-state index contributed by atoms with van der Waals surface area (Å²) < 4.78 is 103. The van der Waals surface area contributed by atoms with Gasteiger partial charge in [-0.3, -0.25) is 14.4 Å². The maximum atomic E-state index is 16.3. The van der Waals surface area contributed by atoms with Crippen LogP contribution in [0.5, 0.6) is 0 Å². The number of aldehydes is 1. The number of aliphatic hydroxyl groups excluding tert-OH is 19. The molecule has 0 spiro atoms. The number of allylic oxidation sites excluding steroid dienone is 2. The summed E-state index contributed by atoms with van der Waals surface area (Å²) in [5.41, 5.74) is -5.50. The van der Waals surface area contributed by atoms with Crippen molar-refractivity contribution in [3.05, 3.63) is 11.6 Å². The van der Waals surface area contributed by atoms with E-state index in [0.717, 1.165) is 25.7 Å². The Balaban J connectivity index is 0.777. The third kappa shape index (κ3) is 17.1. The van der Waals surface area contributed by atoms with Gasteiger partial charge in [-0.1, -0.05) is 53.2 Å². The minimum Gasteiger partial charge on any atom is -0.479 e. The van der Waals surface area contributed by atoms with E-state index in [1.807, 2.05) is 13.8 Å². The quantitative estimate of drug-likeness (QED) is 0.0167. The fourth-order valence-electron chi connectivity index (χ4n) is 22.3. The highest BCUT2D eigenvalue weighted by molar-refractivity contribution is 5.80. The van der Waals surface area contributed by atoms with Gasteiger partial charge in [0, 0.05) is 13.8 Å². The summed E-state index contributed by atoms with van der Waals surface area (Å²) in [7, 11) is 0. The average Bonchev–Trinajstić information content (AvgIpc) is 0.669. The summed E-state index contributed by atoms with van der Waals surface area (Å²) in [5, 5.41) is 222. The zero-order chi connectivity index (χ0) is 88.5. The first-order valence-corrected chi connectivity index (χ1v) is 41.6. The molecule has 0 radical (unpaired) electrons. The summed E-state index contributed by atoms with van der Waals surface area (Å²) >= 11 is 0. The van der Waals surface area contributed by atoms with Gasteiger partial charge in [0.25, 0.3) is 0 Å². The molecule has 12 fully saturated rings. The number of hydrogen-bond donors (Lipinski definition) is 20. The van der Waals surface area contributed by atoms with Gasteiger partial charge in [0.2, 0.25) is 12.6 Å². The first-order valence-electron chi connectivity index (χ1n) is 41.6. The standard InChI is InChI=1S/C79H122O42/c1-27-55(111-36-13-12-33(84)57(45(36)91)115-66-50(96)42(88)34(85)24-105-66)48(94)53(99)68(107-27)114-56-28(2)108-71(63(61(56)110-30(4)83)119-70-60(109-29(3)82)47(93)49(95)65(103)120-70)121-73(104)79-20-19-74(5,6)21-32(79)31-11-14-39-75(7)17-16-41(76(8,26-81)38(75)15-18-77(39,9)78(31,10)22-40(79)87)113-72-62(118-69-52(98)46(92)44(90)37(23-80)112-69)58(54(100)59(117-72)64(101)102)116-67-51(97)43(89)35(86)25-106-67/h11,26-28,32-63,65-72,80,84-100,103H,12-25H2,1-10H3,(H,101,102)/t27-,28-,32-,33+,34-,35-,36+,37-,38-,39+,40-,41-,42-,43-,44-,45+,46+,47+,48+,49-,50-,51-,52+,53+,54-,55+,56+,57-,58-,59-,60+,61-,62+,63+,65+,66-,67-,68+,69+,70+,71-,72-,75-,76+,77-,78-,79+/m1/s1. The van der Waals surface area contributed by atoms with E-state index in [1.54, 1.807) is 6.92 Å². The maximum absolute atomic E-state index is 16.3. The van der Waals surface area contributed by atoms with Crippen molar-refractivity contribution < 1.29 is 207 Å². The van der Waals surface area contributed by atoms with Crippen LogP contribution < -0.4 is 0 Å². The smallest absolute Gasteiger partial charge is 0.335 e. The van der Waals surface area contributed by atoms with Crippen LogP contribution in [0.3, 0.4) is 0 Å². The molecule has 47 atom stereocenters. The largest absolute Gasteiger partial charge is 0.479 e. The lowest BCUT2D eigenvalue weighted by molar-refractivity contribution is -0.393. The maximum Gasteiger partial charge on any atom is 0.335 e. The number of hydrogen-bond acceptors (Lipinski definition) is 41. The van der Waals surface area contributed by atoms with Crippen molar-refractivity contribution >= 4 is 30.2 Å². The lowest BCUT2D eigenvalue weighted by Crippen LogP contribution is -2.69. The van der Waals surface area contributed by atoms with Gasteiger partial charge in [0.15, 0.2) is 62.2 Å². The SMILES string of the molecule is CC(=O)O[C@H]1[C@H](O[C@H]2O[C@H](O)[C@H](O)[C@H](O)[C@@H]2OC(C)=O)[C@@H](OC(=O)[C@@]23CCC(C)(C)C[C@@H]2C2=CC[C@H]4[C@]5(C)CC[C@@H](O[C@@H]6O[C@@H](C(=O)O)[C@H](O)[C@@H](O[C@H]7OC[C@@H](O)[C@@H](O)[C@H]7O)[C@@H]6O[C@@H]6O[C@H](CO)[C@@H](O)[C@H](O)[C@@H]6O)[C@@](C)(C=O)[C@@H]5CC[C@@]4(C)[C@]2(C)C[C@H]3O)O[C@H](C)[C@@H]1O[C@@H]1O[C@H](C)[C@H](O[C@H]2CC[C@H](O)[C@@H](O[C@H]3OC[C@@H](O)[C@@H](O)[C@H]3O)[C@H]2O)[C@@H](O)[C@@H]1O. The van der Waals surface area contributed by atoms with Gasteiger partial charge >= 0.3 is 23.9 Å². The van der Waals surface area contributed by atoms with Gasteiger partial charge in [0.1, 0.15) is 140 Å². The summed E-state index contributed by atoms with van der Waals surface area (Å²) in [6.45, 7) is 14.7. The highest BCUT2D eigenvalue weighted by atomic mass is 16.8. The second-order valence-corrected chi connectivity index (χ2v) is 37.2. The predicted octanol–water partition coefficient (Wildman–Crippen LogP) is -6.62. The van der Waals surface area contributed by atoms with E-state index < -0.39 is 328 Å². The van der Waals surface area contributed by atoms with E-state index in [-0.39, 0.29) is 38.0 Å². The van der Waals surface area contributed by atoms with Gasteiger partial charge in [-0.05, 0) is 124 Å². The third-order valence-electron chi connectivity index (χ3n) is 29.3. The Morgan fingerprint density at radius 3 is 1.63 bits per heavy atom. The zero-order valence-electron chi connectivity index (χ0n) is 68.7. The molecule has 7 aliphatic heterocycles. The first-order chi connectivity index (χ1) is 56.7. The molecule has 121 heavy (non-hydrogen) atoms. The highest BCUT2D eigenvalue weighted by Gasteiger charge is 2.74. The molecule has 13 aliphatic rings. The number of carbonyl (C=O) groups is 5. The van der Waals surface area contributed by atoms with Crippen LogP contribution in [0.1, 0.15) is 140 Å². The number of aliphatic carboxylic acids is 1. The monoisotopic (exact) mass is 1740 g/mol. The van der Waals surface area contributed by atoms with Gasteiger partial charge in [0.05, 0.1) is 61.9 Å². The predicted molar refractivity (Wildman–Crippen MR) is 392 cm³/mol. The van der Waals surface area contributed by atoms with Crippen LogP contribution in [0.2, 0.25) is 0 Å². The molecule has 0 bridgehead atoms. The molecule has 42 heteroatoms. The number of aliphatic hydroxyl groups is 19. The molecule has 690 valence electrons. The van der Waals surface area contributed by atoms with Crippen molar-refractivity contribution in [2.75, 3.05) is 19.8 Å². The van der Waals surface area contributed by atoms with Crippen LogP contribution in [0.25, 0.3) is 0 Å². The van der Waals surface area contributed by atoms with Crippen molar-refractivity contribution in [3.63, 3.8) is 0 Å². The fraction of sp³-hybridized carbons (Fsp3) is 0.911. The van der Waals surface area contributed by atoms with Crippen LogP contribution in [-0.2, 0) is 104 Å². The van der Waals surface area contributed by atoms with E-state index in [9.17, 15) is 121 Å². The summed E-state index contributed by atoms with van der Waals surface area (Å²) in [6.07, 6.45) is -66.5. The number of ether oxygens (including phenoxy) is 17. The number of rotatable bonds is 21. The summed E-state index contributed by atoms with van der Waals surface area (Å²) in [6, 6.07) is 0. The number of esters is 3. The normalized spacial score (nSPS) is 53.1. The minimum absolute atomic E-state index is 0.0107. The molecule has 0 amide bonds. The van der Waals surface area contributed by atoms with Crippen LogP contribution in [-0.4, -0.2) is 392 Å². The molecule has 6 aliphatic carbocycles. The highest BCUT2D eigenvalue weighted by Crippen LogP contribution is 2.76. The van der Waals surface area contributed by atoms with Crippen molar-refractivity contribution in [2.24, 2.45) is 50.2 Å². The van der Waals surface area contributed by atoms with Gasteiger partial charge in [-0.15, -0.1) is 0 Å². The average molecular weight is 1740 g/mol. The van der Waals surface area contributed by atoms with Crippen molar-refractivity contribution in [3.8, 4) is 0 Å². The molecule has 20 N–H and O–H groups in total. The van der Waals surface area contributed by atoms with Gasteiger partial charge < -0.3 is 187 Å². The molecular formula is C79H122O42.